The van der Waals surface area contributed by atoms with Crippen LogP contribution in [0.4, 0.5) is 0 Å². The highest BCUT2D eigenvalue weighted by Gasteiger charge is 2.19. The molecule has 39 heavy (non-hydrogen) atoms. The second kappa shape index (κ2) is 18.2. The van der Waals surface area contributed by atoms with E-state index in [1.54, 1.807) is 0 Å². The van der Waals surface area contributed by atoms with E-state index >= 15 is 0 Å². The molecule has 1 heterocycles. The van der Waals surface area contributed by atoms with Gasteiger partial charge in [0.15, 0.2) is 0 Å². The van der Waals surface area contributed by atoms with Crippen LogP contribution in [0, 0.1) is 0 Å². The number of carboxylic acids is 4. The van der Waals surface area contributed by atoms with Crippen molar-refractivity contribution in [2.75, 3.05) is 45.0 Å². The van der Waals surface area contributed by atoms with Crippen molar-refractivity contribution < 1.29 is 44.7 Å². The minimum Gasteiger partial charge on any atom is -0.473 e. The molecule has 1 aliphatic heterocycles. The summed E-state index contributed by atoms with van der Waals surface area (Å²) in [6.07, 6.45) is -0.238. The third-order valence-electron chi connectivity index (χ3n) is 5.32. The zero-order valence-corrected chi connectivity index (χ0v) is 22.9. The molecule has 2 unspecified atom stereocenters. The molecule has 1 saturated heterocycles. The number of aliphatic hydroxyl groups excluding tert-OH is 1. The third-order valence-corrected chi connectivity index (χ3v) is 6.87. The number of aliphatic carboxylic acids is 4. The first kappa shape index (κ1) is 33.9. The van der Waals surface area contributed by atoms with Crippen LogP contribution in [0.3, 0.4) is 0 Å². The number of hydrogen-bond acceptors (Lipinski definition) is 8. The van der Waals surface area contributed by atoms with E-state index in [-0.39, 0.29) is 6.10 Å². The van der Waals surface area contributed by atoms with Crippen molar-refractivity contribution in [3.63, 3.8) is 0 Å². The summed E-state index contributed by atoms with van der Waals surface area (Å²) in [5.41, 5.74) is 2.64. The number of benzene rings is 2. The van der Waals surface area contributed by atoms with Crippen LogP contribution in [0.25, 0.3) is 0 Å². The van der Waals surface area contributed by atoms with Gasteiger partial charge in [-0.1, -0.05) is 54.1 Å². The second-order valence-electron chi connectivity index (χ2n) is 8.42. The van der Waals surface area contributed by atoms with Gasteiger partial charge in [0.05, 0.1) is 11.4 Å². The van der Waals surface area contributed by atoms with Crippen LogP contribution in [0.2, 0.25) is 5.02 Å². The van der Waals surface area contributed by atoms with Crippen molar-refractivity contribution in [3.05, 3.63) is 70.7 Å². The molecule has 214 valence electrons. The van der Waals surface area contributed by atoms with E-state index in [0.29, 0.717) is 5.25 Å². The molecule has 1 fully saturated rings. The average molecular weight is 585 g/mol. The van der Waals surface area contributed by atoms with Crippen molar-refractivity contribution in [2.45, 2.75) is 18.3 Å². The van der Waals surface area contributed by atoms with Crippen molar-refractivity contribution >= 4 is 47.2 Å². The van der Waals surface area contributed by atoms with Crippen LogP contribution >= 0.6 is 23.4 Å². The maximum Gasteiger partial charge on any atom is 0.414 e. The number of aliphatic hydroxyl groups is 1. The fourth-order valence-electron chi connectivity index (χ4n) is 3.52. The molecule has 0 amide bonds. The number of carbonyl (C=O) groups is 4. The van der Waals surface area contributed by atoms with Crippen molar-refractivity contribution in [3.8, 4) is 0 Å². The van der Waals surface area contributed by atoms with E-state index in [0.717, 1.165) is 50.0 Å². The van der Waals surface area contributed by atoms with E-state index < -0.39 is 23.9 Å². The quantitative estimate of drug-likeness (QED) is 0.287. The number of rotatable bonds is 8. The van der Waals surface area contributed by atoms with Gasteiger partial charge in [-0.15, -0.1) is 11.8 Å². The standard InChI is InChI=1S/C22H29ClN2OS.2C2H2O4/c1-18(26)17-25-13-11-24(12-14-25)15-16-27-22(19-5-3-2-4-6-19)20-7-9-21(23)10-8-20;2*3-1(4)2(5)6/h2-10,18,22,26H,11-17H2,1H3;2*(H,3,4)(H,5,6). The largest absolute Gasteiger partial charge is 0.473 e. The molecule has 2 atom stereocenters. The van der Waals surface area contributed by atoms with Gasteiger partial charge in [-0.25, -0.2) is 19.2 Å². The van der Waals surface area contributed by atoms with E-state index in [9.17, 15) is 5.11 Å². The number of carboxylic acid groups (broad SMARTS) is 4. The highest BCUT2D eigenvalue weighted by atomic mass is 35.5. The maximum atomic E-state index is 9.54. The molecular weight excluding hydrogens is 552 g/mol. The minimum atomic E-state index is -1.82. The molecule has 2 aromatic rings. The number of hydrogen-bond donors (Lipinski definition) is 5. The van der Waals surface area contributed by atoms with Gasteiger partial charge in [0.25, 0.3) is 0 Å². The number of β-amino-alcohol motifs (C(OH)–C–C–N with tert-alkyl or cyclic N) is 1. The Morgan fingerprint density at radius 1 is 0.769 bits per heavy atom. The molecule has 0 aliphatic carbocycles. The number of thioether (sulfide) groups is 1. The predicted molar refractivity (Wildman–Crippen MR) is 147 cm³/mol. The van der Waals surface area contributed by atoms with Crippen LogP contribution < -0.4 is 0 Å². The summed E-state index contributed by atoms with van der Waals surface area (Å²) >= 11 is 8.08. The normalized spacial score (nSPS) is 14.9. The molecule has 0 saturated carbocycles. The summed E-state index contributed by atoms with van der Waals surface area (Å²) in [6, 6.07) is 19.0. The predicted octanol–water partition coefficient (Wildman–Crippen LogP) is 2.47. The van der Waals surface area contributed by atoms with Gasteiger partial charge in [0.2, 0.25) is 0 Å². The molecule has 1 aliphatic rings. The molecule has 0 aromatic heterocycles. The fraction of sp³-hybridized carbons (Fsp3) is 0.385. The molecule has 11 nitrogen and oxygen atoms in total. The van der Waals surface area contributed by atoms with E-state index in [1.807, 2.05) is 30.8 Å². The number of nitrogens with zero attached hydrogens (tertiary/aromatic N) is 2. The number of halogens is 1. The van der Waals surface area contributed by atoms with E-state index in [1.165, 1.54) is 11.1 Å². The minimum absolute atomic E-state index is 0.238. The Bertz CT molecular complexity index is 999. The van der Waals surface area contributed by atoms with Gasteiger partial charge in [-0.3, -0.25) is 9.80 Å². The number of piperazine rings is 1. The van der Waals surface area contributed by atoms with Crippen molar-refractivity contribution in [1.82, 2.24) is 9.80 Å². The highest BCUT2D eigenvalue weighted by Crippen LogP contribution is 2.36. The van der Waals surface area contributed by atoms with Crippen LogP contribution in [0.15, 0.2) is 54.6 Å². The Morgan fingerprint density at radius 3 is 1.64 bits per heavy atom. The Kier molecular flexibility index (Phi) is 15.8. The summed E-state index contributed by atoms with van der Waals surface area (Å²) in [5, 5.41) is 40.2. The second-order valence-corrected chi connectivity index (χ2v) is 10.1. The Balaban J connectivity index is 0.000000530. The lowest BCUT2D eigenvalue weighted by molar-refractivity contribution is -0.159. The summed E-state index contributed by atoms with van der Waals surface area (Å²) in [4.78, 5) is 41.3. The molecule has 2 aromatic carbocycles. The molecular formula is C26H33ClN2O9S. The zero-order valence-electron chi connectivity index (χ0n) is 21.4. The third kappa shape index (κ3) is 14.5. The van der Waals surface area contributed by atoms with E-state index in [4.69, 9.17) is 51.2 Å². The van der Waals surface area contributed by atoms with Crippen LogP contribution in [0.5, 0.6) is 0 Å². The Labute approximate surface area is 235 Å². The van der Waals surface area contributed by atoms with Crippen LogP contribution in [-0.2, 0) is 19.2 Å². The topological polar surface area (TPSA) is 176 Å². The summed E-state index contributed by atoms with van der Waals surface area (Å²) < 4.78 is 0. The van der Waals surface area contributed by atoms with Gasteiger partial charge < -0.3 is 25.5 Å². The van der Waals surface area contributed by atoms with Gasteiger partial charge in [-0.05, 0) is 30.2 Å². The van der Waals surface area contributed by atoms with Gasteiger partial charge in [-0.2, -0.15) is 0 Å². The fourth-order valence-corrected chi connectivity index (χ4v) is 4.94. The van der Waals surface area contributed by atoms with Gasteiger partial charge in [0, 0.05) is 50.0 Å². The molecule has 0 spiro atoms. The maximum absolute atomic E-state index is 9.54. The first-order valence-electron chi connectivity index (χ1n) is 11.9. The van der Waals surface area contributed by atoms with E-state index in [2.05, 4.69) is 52.3 Å². The summed E-state index contributed by atoms with van der Waals surface area (Å²) in [7, 11) is 0. The van der Waals surface area contributed by atoms with Crippen molar-refractivity contribution in [1.29, 1.82) is 0 Å². The lowest BCUT2D eigenvalue weighted by Gasteiger charge is -2.35. The van der Waals surface area contributed by atoms with Gasteiger partial charge >= 0.3 is 23.9 Å². The summed E-state index contributed by atoms with van der Waals surface area (Å²) in [5.74, 6) is -6.20. The first-order chi connectivity index (χ1) is 18.4. The molecule has 0 radical (unpaired) electrons. The average Bonchev–Trinajstić information content (AvgIpc) is 2.89. The smallest absolute Gasteiger partial charge is 0.414 e. The molecule has 13 heteroatoms. The molecule has 0 bridgehead atoms. The SMILES string of the molecule is CC(O)CN1CCN(CCSC(c2ccccc2)c2ccc(Cl)cc2)CC1.O=C(O)C(=O)O.O=C(O)C(=O)O. The van der Waals surface area contributed by atoms with Crippen LogP contribution in [-0.4, -0.2) is 110 Å². The molecule has 3 rings (SSSR count). The molecule has 5 N–H and O–H groups in total. The van der Waals surface area contributed by atoms with Crippen molar-refractivity contribution in [2.24, 2.45) is 0 Å². The Hall–Kier alpha value is -3.16. The van der Waals surface area contributed by atoms with Gasteiger partial charge in [0.1, 0.15) is 0 Å². The zero-order chi connectivity index (χ0) is 29.4. The Morgan fingerprint density at radius 2 is 1.21 bits per heavy atom. The van der Waals surface area contributed by atoms with Crippen LogP contribution in [0.1, 0.15) is 23.3 Å². The highest BCUT2D eigenvalue weighted by molar-refractivity contribution is 7.99. The first-order valence-corrected chi connectivity index (χ1v) is 13.3. The monoisotopic (exact) mass is 584 g/mol. The lowest BCUT2D eigenvalue weighted by atomic mass is 10.0. The lowest BCUT2D eigenvalue weighted by Crippen LogP contribution is -2.48. The summed E-state index contributed by atoms with van der Waals surface area (Å²) in [6.45, 7) is 8.03.